The molecule has 1 aromatic carbocycles. The van der Waals surface area contributed by atoms with Gasteiger partial charge in [-0.2, -0.15) is 0 Å². The predicted molar refractivity (Wildman–Crippen MR) is 69.2 cm³/mol. The monoisotopic (exact) mass is 247 g/mol. The first kappa shape index (κ1) is 12.5. The molecular weight excluding hydrogens is 230 g/mol. The van der Waals surface area contributed by atoms with Gasteiger partial charge in [-0.15, -0.1) is 5.10 Å². The van der Waals surface area contributed by atoms with Crippen LogP contribution in [-0.4, -0.2) is 46.7 Å². The van der Waals surface area contributed by atoms with Gasteiger partial charge >= 0.3 is 0 Å². The van der Waals surface area contributed by atoms with Gasteiger partial charge in [0.15, 0.2) is 5.69 Å². The summed E-state index contributed by atoms with van der Waals surface area (Å²) in [6.45, 7) is 4.56. The van der Waals surface area contributed by atoms with E-state index in [1.54, 1.807) is 0 Å². The first-order valence-corrected chi connectivity index (χ1v) is 5.95. The third kappa shape index (κ3) is 3.54. The van der Waals surface area contributed by atoms with Crippen LogP contribution in [0.2, 0.25) is 0 Å². The van der Waals surface area contributed by atoms with Crippen molar-refractivity contribution >= 4 is 0 Å². The van der Waals surface area contributed by atoms with E-state index in [4.69, 9.17) is 0 Å². The summed E-state index contributed by atoms with van der Waals surface area (Å²) in [4.78, 5) is 0. The Morgan fingerprint density at radius 1 is 0.944 bits per heavy atom. The van der Waals surface area contributed by atoms with Crippen molar-refractivity contribution in [1.29, 1.82) is 0 Å². The Morgan fingerprint density at radius 2 is 1.56 bits per heavy atom. The maximum absolute atomic E-state index is 9.22. The molecule has 96 valence electrons. The molecule has 0 amide bonds. The zero-order valence-corrected chi connectivity index (χ0v) is 10.1. The lowest BCUT2D eigenvalue weighted by molar-refractivity contribution is 0.454. The van der Waals surface area contributed by atoms with Crippen LogP contribution in [0.1, 0.15) is 0 Å². The number of aromatic hydroxyl groups is 1. The van der Waals surface area contributed by atoms with Crippen molar-refractivity contribution in [2.75, 3.05) is 26.2 Å². The van der Waals surface area contributed by atoms with Crippen LogP contribution in [0.15, 0.2) is 30.3 Å². The van der Waals surface area contributed by atoms with Gasteiger partial charge in [0.1, 0.15) is 0 Å². The second-order valence-corrected chi connectivity index (χ2v) is 3.88. The molecule has 0 bridgehead atoms. The van der Waals surface area contributed by atoms with E-state index in [1.165, 1.54) is 0 Å². The maximum atomic E-state index is 9.22. The molecule has 2 heterocycles. The smallest absolute Gasteiger partial charge is 0.235 e. The van der Waals surface area contributed by atoms with Crippen molar-refractivity contribution < 1.29 is 5.11 Å². The fourth-order valence-corrected chi connectivity index (χ4v) is 1.62. The van der Waals surface area contributed by atoms with Gasteiger partial charge in [0.05, 0.1) is 0 Å². The summed E-state index contributed by atoms with van der Waals surface area (Å²) < 4.78 is 0. The topological polar surface area (TPSA) is 85.9 Å². The lowest BCUT2D eigenvalue weighted by atomic mass is 10.2. The molecule has 1 aliphatic rings. The molecule has 0 unspecified atom stereocenters. The minimum Gasteiger partial charge on any atom is -0.492 e. The van der Waals surface area contributed by atoms with Gasteiger partial charge in [-0.05, 0) is 0 Å². The molecule has 1 aliphatic heterocycles. The highest BCUT2D eigenvalue weighted by Crippen LogP contribution is 2.22. The molecule has 0 spiro atoms. The average molecular weight is 247 g/mol. The van der Waals surface area contributed by atoms with Crippen molar-refractivity contribution in [3.63, 3.8) is 0 Å². The van der Waals surface area contributed by atoms with E-state index >= 15 is 0 Å². The lowest BCUT2D eigenvalue weighted by Gasteiger charge is -2.11. The van der Waals surface area contributed by atoms with Crippen molar-refractivity contribution in [3.8, 4) is 17.1 Å². The summed E-state index contributed by atoms with van der Waals surface area (Å²) in [7, 11) is 0. The number of H-pyrrole nitrogens is 1. The van der Waals surface area contributed by atoms with E-state index in [2.05, 4.69) is 26.0 Å². The zero-order chi connectivity index (χ0) is 12.6. The number of nitrogens with zero attached hydrogens (tertiary/aromatic N) is 2. The second-order valence-electron chi connectivity index (χ2n) is 3.88. The Morgan fingerprint density at radius 3 is 2.00 bits per heavy atom. The molecular formula is C12H17N5O. The molecule has 0 radical (unpaired) electrons. The number of aromatic amines is 1. The molecule has 6 nitrogen and oxygen atoms in total. The quantitative estimate of drug-likeness (QED) is 0.584. The van der Waals surface area contributed by atoms with E-state index in [0.29, 0.717) is 5.69 Å². The summed E-state index contributed by atoms with van der Waals surface area (Å²) in [5, 5.41) is 25.2. The van der Waals surface area contributed by atoms with Gasteiger partial charge in [-0.3, -0.25) is 0 Å². The largest absolute Gasteiger partial charge is 0.492 e. The standard InChI is InChI=1S/C8H7N3O.C4H10N2/c12-8-7(9-11-10-8)6-4-2-1-3-5-6;1-2-6-4-3-5-1/h1-5H,(H2,9,10,11,12);5-6H,1-4H2. The molecule has 0 saturated carbocycles. The molecule has 0 atom stereocenters. The number of benzene rings is 1. The number of nitrogens with one attached hydrogen (secondary N) is 3. The molecule has 0 aliphatic carbocycles. The summed E-state index contributed by atoms with van der Waals surface area (Å²) in [5.41, 5.74) is 1.33. The third-order valence-electron chi connectivity index (χ3n) is 2.53. The molecule has 3 rings (SSSR count). The van der Waals surface area contributed by atoms with Crippen LogP contribution in [-0.2, 0) is 0 Å². The van der Waals surface area contributed by atoms with Crippen LogP contribution in [0.25, 0.3) is 11.3 Å². The van der Waals surface area contributed by atoms with Crippen LogP contribution in [0.3, 0.4) is 0 Å². The predicted octanol–water partition coefficient (Wildman–Crippen LogP) is 0.356. The lowest BCUT2D eigenvalue weighted by Crippen LogP contribution is -2.39. The highest BCUT2D eigenvalue weighted by atomic mass is 16.3. The van der Waals surface area contributed by atoms with Gasteiger partial charge in [0.2, 0.25) is 5.88 Å². The molecule has 2 aromatic rings. The maximum Gasteiger partial charge on any atom is 0.235 e. The van der Waals surface area contributed by atoms with E-state index < -0.39 is 0 Å². The Hall–Kier alpha value is -1.92. The van der Waals surface area contributed by atoms with Gasteiger partial charge in [0.25, 0.3) is 0 Å². The van der Waals surface area contributed by atoms with E-state index in [1.807, 2.05) is 30.3 Å². The number of rotatable bonds is 1. The molecule has 6 heteroatoms. The Bertz CT molecular complexity index is 441. The van der Waals surface area contributed by atoms with Gasteiger partial charge < -0.3 is 15.7 Å². The Balaban J connectivity index is 0.000000169. The first-order chi connectivity index (χ1) is 8.88. The van der Waals surface area contributed by atoms with E-state index in [9.17, 15) is 5.11 Å². The van der Waals surface area contributed by atoms with Crippen LogP contribution < -0.4 is 10.6 Å². The normalized spacial score (nSPS) is 14.7. The molecule has 1 saturated heterocycles. The number of hydrogen-bond donors (Lipinski definition) is 4. The Kier molecular flexibility index (Phi) is 4.68. The molecule has 1 fully saturated rings. The first-order valence-electron chi connectivity index (χ1n) is 5.95. The zero-order valence-electron chi connectivity index (χ0n) is 10.1. The van der Waals surface area contributed by atoms with Gasteiger partial charge in [-0.1, -0.05) is 35.5 Å². The van der Waals surface area contributed by atoms with Crippen molar-refractivity contribution in [2.45, 2.75) is 0 Å². The molecule has 4 N–H and O–H groups in total. The average Bonchev–Trinajstić information content (AvgIpc) is 2.89. The fourth-order valence-electron chi connectivity index (χ4n) is 1.62. The van der Waals surface area contributed by atoms with Gasteiger partial charge in [0, 0.05) is 31.7 Å². The number of aromatic nitrogens is 3. The summed E-state index contributed by atoms with van der Waals surface area (Å²) in [6, 6.07) is 9.38. The summed E-state index contributed by atoms with van der Waals surface area (Å²) in [6.07, 6.45) is 0. The summed E-state index contributed by atoms with van der Waals surface area (Å²) in [5.74, 6) is 0.00111. The van der Waals surface area contributed by atoms with Crippen LogP contribution in [0.5, 0.6) is 5.88 Å². The number of hydrogen-bond acceptors (Lipinski definition) is 5. The SMILES string of the molecule is C1CNCCN1.Oc1[nH]nnc1-c1ccccc1. The summed E-state index contributed by atoms with van der Waals surface area (Å²) >= 11 is 0. The third-order valence-corrected chi connectivity index (χ3v) is 2.53. The van der Waals surface area contributed by atoms with Crippen molar-refractivity contribution in [3.05, 3.63) is 30.3 Å². The highest BCUT2D eigenvalue weighted by molar-refractivity contribution is 5.62. The highest BCUT2D eigenvalue weighted by Gasteiger charge is 2.06. The molecule has 1 aromatic heterocycles. The van der Waals surface area contributed by atoms with Crippen molar-refractivity contribution in [2.24, 2.45) is 0 Å². The minimum atomic E-state index is 0.00111. The van der Waals surface area contributed by atoms with Crippen LogP contribution in [0, 0.1) is 0 Å². The Labute approximate surface area is 105 Å². The van der Waals surface area contributed by atoms with Crippen LogP contribution >= 0.6 is 0 Å². The van der Waals surface area contributed by atoms with Crippen LogP contribution in [0.4, 0.5) is 0 Å². The minimum absolute atomic E-state index is 0.00111. The molecule has 18 heavy (non-hydrogen) atoms. The fraction of sp³-hybridized carbons (Fsp3) is 0.333. The number of piperazine rings is 1. The van der Waals surface area contributed by atoms with E-state index in [0.717, 1.165) is 31.7 Å². The second kappa shape index (κ2) is 6.73. The van der Waals surface area contributed by atoms with Gasteiger partial charge in [-0.25, -0.2) is 5.10 Å². The van der Waals surface area contributed by atoms with E-state index in [-0.39, 0.29) is 5.88 Å². The van der Waals surface area contributed by atoms with Crippen molar-refractivity contribution in [1.82, 2.24) is 26.0 Å².